The van der Waals surface area contributed by atoms with Crippen molar-refractivity contribution < 1.29 is 9.47 Å². The molecular formula is C35H44N8O2. The molecule has 7 rings (SSSR count). The number of hydrogen-bond acceptors (Lipinski definition) is 8. The summed E-state index contributed by atoms with van der Waals surface area (Å²) >= 11 is 0. The van der Waals surface area contributed by atoms with Crippen LogP contribution in [-0.4, -0.2) is 94.1 Å². The van der Waals surface area contributed by atoms with Crippen LogP contribution in [-0.2, 0) is 11.2 Å². The number of nitrogen functional groups attached to an aromatic ring is 1. The van der Waals surface area contributed by atoms with Gasteiger partial charge in [-0.25, -0.2) is 14.6 Å². The largest absolute Gasteiger partial charge is 0.496 e. The molecule has 45 heavy (non-hydrogen) atoms. The summed E-state index contributed by atoms with van der Waals surface area (Å²) in [5.41, 5.74) is 12.6. The van der Waals surface area contributed by atoms with Crippen LogP contribution in [0.2, 0.25) is 0 Å². The minimum Gasteiger partial charge on any atom is -0.496 e. The maximum absolute atomic E-state index is 6.50. The zero-order valence-corrected chi connectivity index (χ0v) is 26.4. The molecule has 2 fully saturated rings. The van der Waals surface area contributed by atoms with E-state index >= 15 is 0 Å². The minimum atomic E-state index is 0.297. The van der Waals surface area contributed by atoms with Gasteiger partial charge in [-0.2, -0.15) is 5.10 Å². The molecule has 3 aromatic heterocycles. The normalized spacial score (nSPS) is 19.9. The van der Waals surface area contributed by atoms with Crippen LogP contribution in [0, 0.1) is 0 Å². The van der Waals surface area contributed by atoms with E-state index < -0.39 is 0 Å². The number of nitrogens with two attached hydrogens (primary N) is 1. The molecule has 0 bridgehead atoms. The fourth-order valence-corrected chi connectivity index (χ4v) is 7.39. The maximum atomic E-state index is 6.50. The number of rotatable bonds is 10. The lowest BCUT2D eigenvalue weighted by atomic mass is 9.90. The van der Waals surface area contributed by atoms with Crippen LogP contribution >= 0.6 is 0 Å². The number of piperazine rings is 1. The monoisotopic (exact) mass is 608 g/mol. The van der Waals surface area contributed by atoms with E-state index in [2.05, 4.69) is 54.8 Å². The Balaban J connectivity index is 1.08. The summed E-state index contributed by atoms with van der Waals surface area (Å²) in [4.78, 5) is 17.9. The predicted molar refractivity (Wildman–Crippen MR) is 179 cm³/mol. The third kappa shape index (κ3) is 6.14. The molecule has 5 aromatic rings. The van der Waals surface area contributed by atoms with Gasteiger partial charge >= 0.3 is 0 Å². The molecule has 2 aromatic carbocycles. The zero-order chi connectivity index (χ0) is 30.8. The Kier molecular flexibility index (Phi) is 8.69. The summed E-state index contributed by atoms with van der Waals surface area (Å²) in [6, 6.07) is 17.8. The van der Waals surface area contributed by atoms with Crippen molar-refractivity contribution in [2.75, 3.05) is 59.3 Å². The molecule has 0 spiro atoms. The second kappa shape index (κ2) is 13.2. The average molecular weight is 609 g/mol. The van der Waals surface area contributed by atoms with Crippen molar-refractivity contribution in [3.05, 3.63) is 66.1 Å². The highest BCUT2D eigenvalue weighted by molar-refractivity contribution is 6.00. The van der Waals surface area contributed by atoms with Crippen LogP contribution in [0.5, 0.6) is 5.75 Å². The van der Waals surface area contributed by atoms with Gasteiger partial charge in [-0.3, -0.25) is 4.90 Å². The zero-order valence-electron chi connectivity index (χ0n) is 26.4. The Labute approximate surface area is 264 Å². The van der Waals surface area contributed by atoms with E-state index in [1.807, 2.05) is 18.2 Å². The lowest BCUT2D eigenvalue weighted by molar-refractivity contribution is 0.0662. The van der Waals surface area contributed by atoms with E-state index in [0.29, 0.717) is 17.9 Å². The summed E-state index contributed by atoms with van der Waals surface area (Å²) < 4.78 is 12.9. The van der Waals surface area contributed by atoms with Gasteiger partial charge in [0.25, 0.3) is 0 Å². The van der Waals surface area contributed by atoms with E-state index in [9.17, 15) is 0 Å². The van der Waals surface area contributed by atoms with E-state index in [-0.39, 0.29) is 0 Å². The predicted octanol–water partition coefficient (Wildman–Crippen LogP) is 5.29. The van der Waals surface area contributed by atoms with E-state index in [1.165, 1.54) is 12.8 Å². The SMILES string of the molecule is COCCCN1CCN(C2CCC(n3nc(-c4ccc5[nH]c(Cc6ccccc6OC)cc5c4)c4c(N)ncnc43)CC2)CC1. The molecule has 0 radical (unpaired) electrons. The molecule has 10 heteroatoms. The van der Waals surface area contributed by atoms with E-state index in [1.54, 1.807) is 20.5 Å². The van der Waals surface area contributed by atoms with Crippen LogP contribution in [0.15, 0.2) is 54.9 Å². The number of para-hydroxylation sites is 1. The maximum Gasteiger partial charge on any atom is 0.164 e. The summed E-state index contributed by atoms with van der Waals surface area (Å²) in [6.45, 7) is 6.60. The molecule has 1 saturated carbocycles. The van der Waals surface area contributed by atoms with Crippen LogP contribution in [0.3, 0.4) is 0 Å². The van der Waals surface area contributed by atoms with E-state index in [4.69, 9.17) is 25.3 Å². The van der Waals surface area contributed by atoms with Gasteiger partial charge in [0.1, 0.15) is 23.6 Å². The number of hydrogen-bond donors (Lipinski definition) is 2. The molecule has 1 aliphatic heterocycles. The number of fused-ring (bicyclic) bond motifs is 2. The smallest absolute Gasteiger partial charge is 0.164 e. The first-order chi connectivity index (χ1) is 22.1. The van der Waals surface area contributed by atoms with Gasteiger partial charge in [-0.05, 0) is 61.9 Å². The number of aromatic amines is 1. The number of anilines is 1. The topological polar surface area (TPSA) is 110 Å². The lowest BCUT2D eigenvalue weighted by Crippen LogP contribution is -2.51. The molecule has 4 heterocycles. The van der Waals surface area contributed by atoms with Crippen LogP contribution in [0.4, 0.5) is 5.82 Å². The number of benzene rings is 2. The van der Waals surface area contributed by atoms with Crippen molar-refractivity contribution in [1.82, 2.24) is 34.5 Å². The Morgan fingerprint density at radius 2 is 1.73 bits per heavy atom. The Morgan fingerprint density at radius 1 is 0.933 bits per heavy atom. The van der Waals surface area contributed by atoms with Gasteiger partial charge in [-0.15, -0.1) is 0 Å². The second-order valence-electron chi connectivity index (χ2n) is 12.5. The molecular weight excluding hydrogens is 564 g/mol. The first kappa shape index (κ1) is 29.7. The summed E-state index contributed by atoms with van der Waals surface area (Å²) in [6.07, 6.45) is 7.96. The second-order valence-corrected chi connectivity index (χ2v) is 12.5. The number of ether oxygens (including phenoxy) is 2. The Hall–Kier alpha value is -3.99. The van der Waals surface area contributed by atoms with Crippen LogP contribution in [0.25, 0.3) is 33.2 Å². The van der Waals surface area contributed by atoms with Gasteiger partial charge < -0.3 is 25.1 Å². The van der Waals surface area contributed by atoms with Gasteiger partial charge in [0, 0.05) is 81.1 Å². The molecule has 1 aliphatic carbocycles. The molecule has 236 valence electrons. The highest BCUT2D eigenvalue weighted by atomic mass is 16.5. The third-order valence-electron chi connectivity index (χ3n) is 9.80. The van der Waals surface area contributed by atoms with Gasteiger partial charge in [-0.1, -0.05) is 24.3 Å². The summed E-state index contributed by atoms with van der Waals surface area (Å²) in [5.74, 6) is 1.37. The fraction of sp³-hybridized carbons (Fsp3) is 0.457. The van der Waals surface area contributed by atoms with Crippen molar-refractivity contribution in [3.8, 4) is 17.0 Å². The average Bonchev–Trinajstić information content (AvgIpc) is 3.67. The van der Waals surface area contributed by atoms with Gasteiger partial charge in [0.15, 0.2) is 5.65 Å². The van der Waals surface area contributed by atoms with Crippen LogP contribution in [0.1, 0.15) is 49.4 Å². The first-order valence-corrected chi connectivity index (χ1v) is 16.3. The summed E-state index contributed by atoms with van der Waals surface area (Å²) in [5, 5.41) is 7.18. The Morgan fingerprint density at radius 3 is 2.53 bits per heavy atom. The fourth-order valence-electron chi connectivity index (χ4n) is 7.39. The molecule has 3 N–H and O–H groups in total. The van der Waals surface area contributed by atoms with Crippen LogP contribution < -0.4 is 10.5 Å². The standard InChI is InChI=1S/C35H44N8O2/c1-44-19-5-14-41-15-17-42(18-16-41)28-9-11-29(12-10-28)43-35-32(34(36)37-23-38-35)33(40-43)25-8-13-30-26(20-25)22-27(39-30)21-24-6-3-4-7-31(24)45-2/h3-4,6-8,13,20,22-23,28-29,39H,5,9-12,14-19,21H2,1-2H3,(H2,36,37,38). The lowest BCUT2D eigenvalue weighted by Gasteiger charge is -2.42. The molecule has 2 aliphatic rings. The first-order valence-electron chi connectivity index (χ1n) is 16.3. The Bertz CT molecular complexity index is 1750. The van der Waals surface area contributed by atoms with Crippen molar-refractivity contribution in [3.63, 3.8) is 0 Å². The van der Waals surface area contributed by atoms with Gasteiger partial charge in [0.05, 0.1) is 18.5 Å². The highest BCUT2D eigenvalue weighted by Crippen LogP contribution is 2.38. The number of aromatic nitrogens is 5. The number of methoxy groups -OCH3 is 2. The molecule has 10 nitrogen and oxygen atoms in total. The molecule has 1 saturated heterocycles. The van der Waals surface area contributed by atoms with Gasteiger partial charge in [0.2, 0.25) is 0 Å². The minimum absolute atomic E-state index is 0.297. The summed E-state index contributed by atoms with van der Waals surface area (Å²) in [7, 11) is 3.50. The van der Waals surface area contributed by atoms with Crippen molar-refractivity contribution in [1.29, 1.82) is 0 Å². The molecule has 0 amide bonds. The van der Waals surface area contributed by atoms with Crippen molar-refractivity contribution >= 4 is 27.8 Å². The van der Waals surface area contributed by atoms with Crippen molar-refractivity contribution in [2.24, 2.45) is 0 Å². The molecule has 0 atom stereocenters. The number of H-pyrrole nitrogens is 1. The molecule has 0 unspecified atom stereocenters. The quantitative estimate of drug-likeness (QED) is 0.206. The third-order valence-corrected chi connectivity index (χ3v) is 9.80. The highest BCUT2D eigenvalue weighted by Gasteiger charge is 2.31. The van der Waals surface area contributed by atoms with E-state index in [0.717, 1.165) is 115 Å². The number of nitrogens with zero attached hydrogens (tertiary/aromatic N) is 6. The van der Waals surface area contributed by atoms with Crippen molar-refractivity contribution in [2.45, 2.75) is 50.6 Å². The number of nitrogens with one attached hydrogen (secondary N) is 1.